The van der Waals surface area contributed by atoms with Crippen LogP contribution in [0.1, 0.15) is 24.3 Å². The Kier molecular flexibility index (Phi) is 10.5. The molecule has 2 aromatic heterocycles. The quantitative estimate of drug-likeness (QED) is 0.304. The molecular weight excluding hydrogens is 582 g/mol. The molecular formula is C28H34F2N8O6. The Hall–Kier alpha value is -5.02. The van der Waals surface area contributed by atoms with Crippen LogP contribution in [0.2, 0.25) is 0 Å². The summed E-state index contributed by atoms with van der Waals surface area (Å²) in [5.41, 5.74) is 0.0580. The first-order valence-corrected chi connectivity index (χ1v) is 13.9. The summed E-state index contributed by atoms with van der Waals surface area (Å²) < 4.78 is 41.5. The number of carbonyl (C=O) groups excluding carboxylic acids is 4. The summed E-state index contributed by atoms with van der Waals surface area (Å²) in [6.07, 6.45) is 3.30. The standard InChI is InChI=1S/C28H34F2N8O6/c1-4-35(26(41)23-16-38-7-5-6-31-27(38)34-23)17-24(40)36-8-10-37(11-9-36)25-21(29)12-19(13-22(25)30)32-14-20(44-18(2)39)15-33-28(42)43-3/h5-7,12-13,16,20,32H,4,8-11,14-15,17H2,1-3H3,(H,33,42). The van der Waals surface area contributed by atoms with Gasteiger partial charge in [-0.15, -0.1) is 0 Å². The van der Waals surface area contributed by atoms with Crippen LogP contribution in [0.5, 0.6) is 0 Å². The van der Waals surface area contributed by atoms with Gasteiger partial charge < -0.3 is 34.8 Å². The average Bonchev–Trinajstić information content (AvgIpc) is 3.45. The summed E-state index contributed by atoms with van der Waals surface area (Å²) in [7, 11) is 1.19. The number of benzene rings is 1. The van der Waals surface area contributed by atoms with Gasteiger partial charge in [-0.05, 0) is 25.1 Å². The first-order valence-electron chi connectivity index (χ1n) is 13.9. The van der Waals surface area contributed by atoms with Gasteiger partial charge in [0.1, 0.15) is 24.0 Å². The third-order valence-electron chi connectivity index (χ3n) is 6.94. The molecule has 44 heavy (non-hydrogen) atoms. The van der Waals surface area contributed by atoms with Crippen LogP contribution in [0.15, 0.2) is 36.8 Å². The Balaban J connectivity index is 1.32. The summed E-state index contributed by atoms with van der Waals surface area (Å²) >= 11 is 0. The summed E-state index contributed by atoms with van der Waals surface area (Å²) in [5, 5.41) is 5.22. The number of nitrogens with one attached hydrogen (secondary N) is 2. The second-order valence-electron chi connectivity index (χ2n) is 9.91. The highest BCUT2D eigenvalue weighted by Crippen LogP contribution is 2.28. The van der Waals surface area contributed by atoms with E-state index >= 15 is 8.78 Å². The Labute approximate surface area is 251 Å². The molecule has 3 heterocycles. The minimum absolute atomic E-state index is 0.0338. The fourth-order valence-corrected chi connectivity index (χ4v) is 4.73. The summed E-state index contributed by atoms with van der Waals surface area (Å²) in [4.78, 5) is 61.6. The van der Waals surface area contributed by atoms with Crippen LogP contribution in [-0.2, 0) is 19.1 Å². The van der Waals surface area contributed by atoms with Crippen molar-refractivity contribution in [2.24, 2.45) is 0 Å². The molecule has 3 aromatic rings. The average molecular weight is 617 g/mol. The largest absolute Gasteiger partial charge is 0.459 e. The van der Waals surface area contributed by atoms with E-state index in [4.69, 9.17) is 4.74 Å². The van der Waals surface area contributed by atoms with Crippen molar-refractivity contribution in [3.63, 3.8) is 0 Å². The van der Waals surface area contributed by atoms with Gasteiger partial charge in [0.05, 0.1) is 20.2 Å². The normalized spacial score (nSPS) is 13.8. The first-order chi connectivity index (χ1) is 21.1. The SMILES string of the molecule is CCN(CC(=O)N1CCN(c2c(F)cc(NCC(CNC(=O)OC)OC(C)=O)cc2F)CC1)C(=O)c1cn2cccnc2n1. The number of anilines is 2. The summed E-state index contributed by atoms with van der Waals surface area (Å²) in [6, 6.07) is 3.95. The van der Waals surface area contributed by atoms with Crippen LogP contribution in [0.25, 0.3) is 5.78 Å². The topological polar surface area (TPSA) is 151 Å². The molecule has 14 nitrogen and oxygen atoms in total. The monoisotopic (exact) mass is 616 g/mol. The van der Waals surface area contributed by atoms with Crippen LogP contribution in [0, 0.1) is 11.6 Å². The molecule has 1 unspecified atom stereocenters. The Morgan fingerprint density at radius 1 is 1.09 bits per heavy atom. The van der Waals surface area contributed by atoms with Gasteiger partial charge in [0.25, 0.3) is 5.91 Å². The maximum absolute atomic E-state index is 15.1. The molecule has 2 N–H and O–H groups in total. The Morgan fingerprint density at radius 2 is 1.80 bits per heavy atom. The van der Waals surface area contributed by atoms with E-state index in [1.807, 2.05) is 0 Å². The summed E-state index contributed by atoms with van der Waals surface area (Å²) in [5.74, 6) is -2.53. The van der Waals surface area contributed by atoms with Gasteiger partial charge in [-0.25, -0.2) is 23.5 Å². The van der Waals surface area contributed by atoms with Crippen molar-refractivity contribution in [3.8, 4) is 0 Å². The molecule has 0 radical (unpaired) electrons. The minimum atomic E-state index is -0.821. The van der Waals surface area contributed by atoms with Crippen LogP contribution in [0.3, 0.4) is 0 Å². The molecule has 0 saturated carbocycles. The third-order valence-corrected chi connectivity index (χ3v) is 6.94. The van der Waals surface area contributed by atoms with E-state index < -0.39 is 35.7 Å². The lowest BCUT2D eigenvalue weighted by atomic mass is 10.2. The number of ether oxygens (including phenoxy) is 2. The van der Waals surface area contributed by atoms with Crippen molar-refractivity contribution >= 4 is 41.0 Å². The number of carbonyl (C=O) groups is 4. The number of amides is 3. The fourth-order valence-electron chi connectivity index (χ4n) is 4.73. The van der Waals surface area contributed by atoms with Crippen molar-refractivity contribution in [2.45, 2.75) is 20.0 Å². The molecule has 1 aliphatic rings. The highest BCUT2D eigenvalue weighted by Gasteiger charge is 2.28. The molecule has 0 aliphatic carbocycles. The van der Waals surface area contributed by atoms with Crippen molar-refractivity contribution in [3.05, 3.63) is 54.1 Å². The van der Waals surface area contributed by atoms with Crippen molar-refractivity contribution < 1.29 is 37.4 Å². The van der Waals surface area contributed by atoms with Crippen LogP contribution < -0.4 is 15.5 Å². The Bertz CT molecular complexity index is 1450. The number of halogens is 2. The smallest absolute Gasteiger partial charge is 0.406 e. The molecule has 1 aliphatic heterocycles. The van der Waals surface area contributed by atoms with E-state index in [9.17, 15) is 19.2 Å². The van der Waals surface area contributed by atoms with Crippen molar-refractivity contribution in [2.75, 3.05) is 69.7 Å². The molecule has 0 spiro atoms. The van der Waals surface area contributed by atoms with Crippen LogP contribution in [-0.4, -0.2) is 114 Å². The molecule has 16 heteroatoms. The highest BCUT2D eigenvalue weighted by molar-refractivity contribution is 5.95. The second kappa shape index (κ2) is 14.4. The molecule has 1 aromatic carbocycles. The maximum atomic E-state index is 15.1. The molecule has 236 valence electrons. The van der Waals surface area contributed by atoms with Crippen LogP contribution in [0.4, 0.5) is 25.0 Å². The number of piperazine rings is 1. The predicted octanol–water partition coefficient (Wildman–Crippen LogP) is 1.52. The molecule has 1 fully saturated rings. The molecule has 3 amide bonds. The highest BCUT2D eigenvalue weighted by atomic mass is 19.1. The minimum Gasteiger partial charge on any atom is -0.459 e. The van der Waals surface area contributed by atoms with Gasteiger partial charge in [0.15, 0.2) is 11.6 Å². The number of alkyl carbamates (subject to hydrolysis) is 1. The zero-order valence-corrected chi connectivity index (χ0v) is 24.6. The number of rotatable bonds is 11. The lowest BCUT2D eigenvalue weighted by molar-refractivity contribution is -0.145. The zero-order valence-electron chi connectivity index (χ0n) is 24.6. The van der Waals surface area contributed by atoms with Crippen LogP contribution >= 0.6 is 0 Å². The molecule has 1 atom stereocenters. The van der Waals surface area contributed by atoms with Crippen molar-refractivity contribution in [1.29, 1.82) is 0 Å². The van der Waals surface area contributed by atoms with E-state index in [0.717, 1.165) is 12.1 Å². The zero-order chi connectivity index (χ0) is 31.8. The fraction of sp³-hybridized carbons (Fsp3) is 0.429. The molecule has 0 bridgehead atoms. The van der Waals surface area contributed by atoms with Gasteiger partial charge in [0.2, 0.25) is 11.7 Å². The number of nitrogens with zero attached hydrogens (tertiary/aromatic N) is 6. The third kappa shape index (κ3) is 7.87. The van der Waals surface area contributed by atoms with E-state index in [1.54, 1.807) is 40.9 Å². The number of fused-ring (bicyclic) bond motifs is 1. The first kappa shape index (κ1) is 31.9. The lowest BCUT2D eigenvalue weighted by Gasteiger charge is -2.37. The van der Waals surface area contributed by atoms with E-state index in [1.165, 1.54) is 23.8 Å². The predicted molar refractivity (Wildman–Crippen MR) is 154 cm³/mol. The number of methoxy groups -OCH3 is 1. The summed E-state index contributed by atoms with van der Waals surface area (Å²) in [6.45, 7) is 3.75. The van der Waals surface area contributed by atoms with E-state index in [-0.39, 0.29) is 75.3 Å². The van der Waals surface area contributed by atoms with E-state index in [0.29, 0.717) is 5.78 Å². The van der Waals surface area contributed by atoms with Gasteiger partial charge >= 0.3 is 12.1 Å². The number of hydrogen-bond donors (Lipinski definition) is 2. The van der Waals surface area contributed by atoms with Gasteiger partial charge in [-0.2, -0.15) is 0 Å². The van der Waals surface area contributed by atoms with Gasteiger partial charge in [-0.1, -0.05) is 0 Å². The number of likely N-dealkylation sites (N-methyl/N-ethyl adjacent to an activating group) is 1. The van der Waals surface area contributed by atoms with Gasteiger partial charge in [0, 0.05) is 63.9 Å². The van der Waals surface area contributed by atoms with E-state index in [2.05, 4.69) is 25.3 Å². The maximum Gasteiger partial charge on any atom is 0.406 e. The number of aromatic nitrogens is 3. The number of esters is 1. The molecule has 4 rings (SSSR count). The number of imidazole rings is 1. The molecule has 1 saturated heterocycles. The lowest BCUT2D eigenvalue weighted by Crippen LogP contribution is -2.52. The van der Waals surface area contributed by atoms with Crippen molar-refractivity contribution in [1.82, 2.24) is 29.5 Å². The Morgan fingerprint density at radius 3 is 2.41 bits per heavy atom. The second-order valence-corrected chi connectivity index (χ2v) is 9.91. The number of hydrogen-bond acceptors (Lipinski definition) is 10. The van der Waals surface area contributed by atoms with Gasteiger partial charge in [-0.3, -0.25) is 18.8 Å².